The summed E-state index contributed by atoms with van der Waals surface area (Å²) >= 11 is 1.61. The van der Waals surface area contributed by atoms with E-state index in [1.165, 1.54) is 16.8 Å². The number of carbonyl (C=O) groups excluding carboxylic acids is 1. The summed E-state index contributed by atoms with van der Waals surface area (Å²) in [6.45, 7) is 3.88. The Bertz CT molecular complexity index is 522. The maximum atomic E-state index is 11.9. The van der Waals surface area contributed by atoms with Crippen LogP contribution in [-0.4, -0.2) is 39.1 Å². The molecule has 102 valence electrons. The molecule has 0 unspecified atom stereocenters. The average Bonchev–Trinajstić information content (AvgIpc) is 2.73. The minimum absolute atomic E-state index is 0.122. The van der Waals surface area contributed by atoms with Gasteiger partial charge in [0.2, 0.25) is 15.9 Å². The molecule has 0 saturated carbocycles. The molecule has 0 fully saturated rings. The highest BCUT2D eigenvalue weighted by molar-refractivity contribution is 7.90. The highest BCUT2D eigenvalue weighted by atomic mass is 32.2. The predicted octanol–water partition coefficient (Wildman–Crippen LogP) is 1.13. The normalized spacial score (nSPS) is 13.3. The molecule has 5 nitrogen and oxygen atoms in total. The second kappa shape index (κ2) is 5.81. The summed E-state index contributed by atoms with van der Waals surface area (Å²) in [7, 11) is -0.593. The van der Waals surface area contributed by atoms with E-state index in [-0.39, 0.29) is 6.04 Å². The van der Waals surface area contributed by atoms with Crippen molar-refractivity contribution >= 4 is 27.3 Å². The topological polar surface area (TPSA) is 66.5 Å². The third-order valence-electron chi connectivity index (χ3n) is 2.77. The van der Waals surface area contributed by atoms with Crippen LogP contribution in [-0.2, 0) is 14.8 Å². The fourth-order valence-electron chi connectivity index (χ4n) is 1.42. The second-order valence-electron chi connectivity index (χ2n) is 4.09. The van der Waals surface area contributed by atoms with Gasteiger partial charge >= 0.3 is 0 Å². The van der Waals surface area contributed by atoms with E-state index in [9.17, 15) is 13.2 Å². The number of aryl methyl sites for hydroxylation is 1. The standard InChI is InChI=1S/C11H18N2O3S2/c1-8-5-6-10(17-8)9(2)13(4)11(14)7-18(15,16)12-3/h5-6,9,12H,7H2,1-4H3/t9-/m0/s1. The summed E-state index contributed by atoms with van der Waals surface area (Å²) in [5.74, 6) is -0.933. The Morgan fingerprint density at radius 3 is 2.56 bits per heavy atom. The number of nitrogens with one attached hydrogen (secondary N) is 1. The summed E-state index contributed by atoms with van der Waals surface area (Å²) in [6, 6.07) is 3.82. The van der Waals surface area contributed by atoms with E-state index in [4.69, 9.17) is 0 Å². The second-order valence-corrected chi connectivity index (χ2v) is 7.34. The van der Waals surface area contributed by atoms with Gasteiger partial charge in [-0.05, 0) is 33.0 Å². The first-order valence-electron chi connectivity index (χ1n) is 5.50. The molecule has 0 aliphatic rings. The van der Waals surface area contributed by atoms with Crippen molar-refractivity contribution in [3.63, 3.8) is 0 Å². The third kappa shape index (κ3) is 3.79. The van der Waals surface area contributed by atoms with Gasteiger partial charge in [-0.2, -0.15) is 0 Å². The van der Waals surface area contributed by atoms with Gasteiger partial charge in [0, 0.05) is 16.8 Å². The molecule has 7 heteroatoms. The number of hydrogen-bond acceptors (Lipinski definition) is 4. The number of rotatable bonds is 5. The Labute approximate surface area is 112 Å². The maximum absolute atomic E-state index is 11.9. The van der Waals surface area contributed by atoms with Gasteiger partial charge in [0.25, 0.3) is 0 Å². The first-order chi connectivity index (χ1) is 8.26. The van der Waals surface area contributed by atoms with Crippen LogP contribution in [0.4, 0.5) is 0 Å². The Morgan fingerprint density at radius 2 is 2.11 bits per heavy atom. The summed E-state index contributed by atoms with van der Waals surface area (Å²) in [4.78, 5) is 15.5. The number of nitrogens with zero attached hydrogens (tertiary/aromatic N) is 1. The number of amides is 1. The van der Waals surface area contributed by atoms with Crippen LogP contribution in [0.25, 0.3) is 0 Å². The van der Waals surface area contributed by atoms with Gasteiger partial charge in [0.05, 0.1) is 6.04 Å². The van der Waals surface area contributed by atoms with Crippen LogP contribution in [0.1, 0.15) is 22.7 Å². The van der Waals surface area contributed by atoms with Crippen molar-refractivity contribution in [3.8, 4) is 0 Å². The largest absolute Gasteiger partial charge is 0.337 e. The lowest BCUT2D eigenvalue weighted by Gasteiger charge is -2.24. The van der Waals surface area contributed by atoms with Gasteiger partial charge in [-0.1, -0.05) is 0 Å². The molecule has 0 aliphatic heterocycles. The van der Waals surface area contributed by atoms with E-state index in [0.29, 0.717) is 0 Å². The smallest absolute Gasteiger partial charge is 0.239 e. The fraction of sp³-hybridized carbons (Fsp3) is 0.545. The molecule has 0 spiro atoms. The minimum Gasteiger partial charge on any atom is -0.337 e. The van der Waals surface area contributed by atoms with Gasteiger partial charge in [-0.3, -0.25) is 4.79 Å². The van der Waals surface area contributed by atoms with Gasteiger partial charge in [0.15, 0.2) is 0 Å². The van der Waals surface area contributed by atoms with Crippen molar-refractivity contribution in [1.82, 2.24) is 9.62 Å². The van der Waals surface area contributed by atoms with E-state index in [0.717, 1.165) is 4.88 Å². The first-order valence-corrected chi connectivity index (χ1v) is 7.97. The lowest BCUT2D eigenvalue weighted by Crippen LogP contribution is -2.37. The molecular formula is C11H18N2O3S2. The minimum atomic E-state index is -3.51. The third-order valence-corrected chi connectivity index (χ3v) is 5.19. The molecule has 0 saturated heterocycles. The fourth-order valence-corrected chi connectivity index (χ4v) is 3.07. The van der Waals surface area contributed by atoms with Crippen LogP contribution in [0.2, 0.25) is 0 Å². The van der Waals surface area contributed by atoms with Crippen molar-refractivity contribution in [2.24, 2.45) is 0 Å². The zero-order valence-electron chi connectivity index (χ0n) is 10.9. The van der Waals surface area contributed by atoms with Crippen LogP contribution in [0.15, 0.2) is 12.1 Å². The average molecular weight is 290 g/mol. The molecule has 18 heavy (non-hydrogen) atoms. The van der Waals surface area contributed by atoms with E-state index in [1.807, 2.05) is 26.0 Å². The molecule has 0 aliphatic carbocycles. The lowest BCUT2D eigenvalue weighted by atomic mass is 10.2. The Morgan fingerprint density at radius 1 is 1.50 bits per heavy atom. The SMILES string of the molecule is CNS(=O)(=O)CC(=O)N(C)[C@@H](C)c1ccc(C)s1. The molecule has 1 aromatic rings. The van der Waals surface area contributed by atoms with Crippen molar-refractivity contribution < 1.29 is 13.2 Å². The zero-order valence-corrected chi connectivity index (χ0v) is 12.6. The van der Waals surface area contributed by atoms with Crippen LogP contribution in [0, 0.1) is 6.92 Å². The first kappa shape index (κ1) is 15.1. The van der Waals surface area contributed by atoms with Gasteiger partial charge < -0.3 is 4.90 Å². The molecule has 1 atom stereocenters. The number of sulfonamides is 1. The summed E-state index contributed by atoms with van der Waals surface area (Å²) < 4.78 is 24.8. The monoisotopic (exact) mass is 290 g/mol. The van der Waals surface area contributed by atoms with E-state index in [1.54, 1.807) is 18.4 Å². The quantitative estimate of drug-likeness (QED) is 0.884. The lowest BCUT2D eigenvalue weighted by molar-refractivity contribution is -0.129. The maximum Gasteiger partial charge on any atom is 0.239 e. The highest BCUT2D eigenvalue weighted by Gasteiger charge is 2.23. The zero-order chi connectivity index (χ0) is 13.9. The van der Waals surface area contributed by atoms with Crippen molar-refractivity contribution in [1.29, 1.82) is 0 Å². The van der Waals surface area contributed by atoms with Crippen LogP contribution in [0.3, 0.4) is 0 Å². The van der Waals surface area contributed by atoms with Crippen LogP contribution in [0.5, 0.6) is 0 Å². The Kier molecular flexibility index (Phi) is 4.89. The van der Waals surface area contributed by atoms with E-state index >= 15 is 0 Å². The summed E-state index contributed by atoms with van der Waals surface area (Å²) in [5, 5.41) is 0. The summed E-state index contributed by atoms with van der Waals surface area (Å²) in [5.41, 5.74) is 0. The van der Waals surface area contributed by atoms with Gasteiger partial charge in [-0.25, -0.2) is 13.1 Å². The molecule has 1 amide bonds. The van der Waals surface area contributed by atoms with Crippen molar-refractivity contribution in [2.45, 2.75) is 19.9 Å². The molecule has 1 rings (SSSR count). The van der Waals surface area contributed by atoms with E-state index < -0.39 is 21.7 Å². The number of carbonyl (C=O) groups is 1. The summed E-state index contributed by atoms with van der Waals surface area (Å²) in [6.07, 6.45) is 0. The van der Waals surface area contributed by atoms with Crippen molar-refractivity contribution in [3.05, 3.63) is 21.9 Å². The molecular weight excluding hydrogens is 272 g/mol. The number of thiophene rings is 1. The van der Waals surface area contributed by atoms with E-state index in [2.05, 4.69) is 4.72 Å². The van der Waals surface area contributed by atoms with Crippen LogP contribution >= 0.6 is 11.3 Å². The Hall–Kier alpha value is -0.920. The van der Waals surface area contributed by atoms with Gasteiger partial charge in [0.1, 0.15) is 5.75 Å². The Balaban J connectivity index is 2.75. The molecule has 0 aromatic carbocycles. The molecule has 1 aromatic heterocycles. The van der Waals surface area contributed by atoms with Gasteiger partial charge in [-0.15, -0.1) is 11.3 Å². The van der Waals surface area contributed by atoms with Crippen LogP contribution < -0.4 is 4.72 Å². The molecule has 0 bridgehead atoms. The molecule has 1 heterocycles. The number of hydrogen-bond donors (Lipinski definition) is 1. The molecule has 0 radical (unpaired) electrons. The highest BCUT2D eigenvalue weighted by Crippen LogP contribution is 2.26. The van der Waals surface area contributed by atoms with Crippen molar-refractivity contribution in [2.75, 3.05) is 19.8 Å². The predicted molar refractivity (Wildman–Crippen MR) is 73.1 cm³/mol. The molecule has 1 N–H and O–H groups in total.